The van der Waals surface area contributed by atoms with Gasteiger partial charge in [-0.1, -0.05) is 63.4 Å². The maximum atomic E-state index is 11.4. The quantitative estimate of drug-likeness (QED) is 0.742. The van der Waals surface area contributed by atoms with Gasteiger partial charge in [-0.25, -0.2) is 0 Å². The SMILES string of the molecule is O=C1Cc2cc(C(Br)c3cccc(Cl)c3Cl)ccc2N1. The van der Waals surface area contributed by atoms with Crippen molar-refractivity contribution in [2.75, 3.05) is 5.32 Å². The van der Waals surface area contributed by atoms with E-state index >= 15 is 0 Å². The van der Waals surface area contributed by atoms with Crippen molar-refractivity contribution in [1.29, 1.82) is 0 Å². The second-order valence-electron chi connectivity index (χ2n) is 4.65. The molecule has 102 valence electrons. The van der Waals surface area contributed by atoms with Crippen molar-refractivity contribution in [1.82, 2.24) is 0 Å². The molecule has 0 bridgehead atoms. The van der Waals surface area contributed by atoms with E-state index in [1.807, 2.05) is 30.3 Å². The second-order valence-corrected chi connectivity index (χ2v) is 6.35. The Morgan fingerprint density at radius 2 is 2.00 bits per heavy atom. The number of carbonyl (C=O) groups excluding carboxylic acids is 1. The van der Waals surface area contributed by atoms with Gasteiger partial charge in [0.2, 0.25) is 5.91 Å². The van der Waals surface area contributed by atoms with E-state index in [-0.39, 0.29) is 10.7 Å². The first-order valence-corrected chi connectivity index (χ1v) is 7.74. The molecule has 1 atom stereocenters. The van der Waals surface area contributed by atoms with E-state index in [0.29, 0.717) is 16.5 Å². The number of halogens is 3. The molecule has 0 saturated carbocycles. The zero-order valence-corrected chi connectivity index (χ0v) is 13.4. The van der Waals surface area contributed by atoms with E-state index in [2.05, 4.69) is 21.2 Å². The summed E-state index contributed by atoms with van der Waals surface area (Å²) in [6.45, 7) is 0. The van der Waals surface area contributed by atoms with Crippen molar-refractivity contribution in [3.05, 3.63) is 63.1 Å². The summed E-state index contributed by atoms with van der Waals surface area (Å²) in [5.74, 6) is 0.0315. The fourth-order valence-electron chi connectivity index (χ4n) is 2.30. The highest BCUT2D eigenvalue weighted by atomic mass is 79.9. The molecule has 3 rings (SSSR count). The van der Waals surface area contributed by atoms with E-state index in [0.717, 1.165) is 22.4 Å². The van der Waals surface area contributed by atoms with Crippen LogP contribution in [0.1, 0.15) is 21.5 Å². The lowest BCUT2D eigenvalue weighted by atomic mass is 10.0. The molecule has 0 aliphatic carbocycles. The summed E-state index contributed by atoms with van der Waals surface area (Å²) < 4.78 is 0. The molecule has 0 radical (unpaired) electrons. The number of benzene rings is 2. The van der Waals surface area contributed by atoms with Crippen LogP contribution < -0.4 is 5.32 Å². The van der Waals surface area contributed by atoms with Crippen LogP contribution >= 0.6 is 39.1 Å². The van der Waals surface area contributed by atoms with E-state index in [4.69, 9.17) is 23.2 Å². The van der Waals surface area contributed by atoms with Gasteiger partial charge in [0.05, 0.1) is 21.3 Å². The third-order valence-electron chi connectivity index (χ3n) is 3.30. The Bertz CT molecular complexity index is 702. The number of anilines is 1. The molecular formula is C15H10BrCl2NO. The van der Waals surface area contributed by atoms with Crippen LogP contribution in [0.25, 0.3) is 0 Å². The molecule has 20 heavy (non-hydrogen) atoms. The highest BCUT2D eigenvalue weighted by molar-refractivity contribution is 9.09. The Kier molecular flexibility index (Phi) is 3.76. The molecule has 0 fully saturated rings. The minimum absolute atomic E-state index is 0.0315. The zero-order chi connectivity index (χ0) is 14.3. The van der Waals surface area contributed by atoms with Crippen LogP contribution in [0.3, 0.4) is 0 Å². The Morgan fingerprint density at radius 3 is 2.80 bits per heavy atom. The maximum absolute atomic E-state index is 11.4. The van der Waals surface area contributed by atoms with Gasteiger partial charge < -0.3 is 5.32 Å². The van der Waals surface area contributed by atoms with Crippen LogP contribution in [-0.2, 0) is 11.2 Å². The number of fused-ring (bicyclic) bond motifs is 1. The molecule has 0 spiro atoms. The fraction of sp³-hybridized carbons (Fsp3) is 0.133. The van der Waals surface area contributed by atoms with Gasteiger partial charge in [0.1, 0.15) is 0 Å². The minimum atomic E-state index is -0.0605. The average molecular weight is 371 g/mol. The molecule has 2 nitrogen and oxygen atoms in total. The Labute approximate surface area is 135 Å². The number of hydrogen-bond donors (Lipinski definition) is 1. The Hall–Kier alpha value is -1.03. The van der Waals surface area contributed by atoms with E-state index in [1.165, 1.54) is 0 Å². The van der Waals surface area contributed by atoms with E-state index < -0.39 is 0 Å². The molecule has 2 aromatic carbocycles. The van der Waals surface area contributed by atoms with E-state index in [9.17, 15) is 4.79 Å². The highest BCUT2D eigenvalue weighted by Crippen LogP contribution is 2.39. The summed E-state index contributed by atoms with van der Waals surface area (Å²) in [5.41, 5.74) is 3.85. The third kappa shape index (κ3) is 2.46. The number of hydrogen-bond acceptors (Lipinski definition) is 1. The molecule has 1 aliphatic rings. The summed E-state index contributed by atoms with van der Waals surface area (Å²) in [6, 6.07) is 11.5. The average Bonchev–Trinajstić information content (AvgIpc) is 2.80. The van der Waals surface area contributed by atoms with Crippen molar-refractivity contribution < 1.29 is 4.79 Å². The van der Waals surface area contributed by atoms with Crippen LogP contribution in [0.4, 0.5) is 5.69 Å². The minimum Gasteiger partial charge on any atom is -0.326 e. The lowest BCUT2D eigenvalue weighted by Gasteiger charge is -2.14. The van der Waals surface area contributed by atoms with Crippen LogP contribution in [0.5, 0.6) is 0 Å². The fourth-order valence-corrected chi connectivity index (χ4v) is 3.52. The molecule has 1 unspecified atom stereocenters. The topological polar surface area (TPSA) is 29.1 Å². The third-order valence-corrected chi connectivity index (χ3v) is 5.16. The molecule has 1 amide bonds. The summed E-state index contributed by atoms with van der Waals surface area (Å²) in [4.78, 5) is 11.3. The van der Waals surface area contributed by atoms with Crippen molar-refractivity contribution in [3.8, 4) is 0 Å². The summed E-state index contributed by atoms with van der Waals surface area (Å²) in [5, 5.41) is 3.90. The number of rotatable bonds is 2. The van der Waals surface area contributed by atoms with E-state index in [1.54, 1.807) is 6.07 Å². The van der Waals surface area contributed by atoms with Gasteiger partial charge in [0.15, 0.2) is 0 Å². The van der Waals surface area contributed by atoms with Crippen LogP contribution in [-0.4, -0.2) is 5.91 Å². The predicted molar refractivity (Wildman–Crippen MR) is 86.0 cm³/mol. The maximum Gasteiger partial charge on any atom is 0.228 e. The molecular weight excluding hydrogens is 361 g/mol. The first-order chi connectivity index (χ1) is 9.56. The van der Waals surface area contributed by atoms with Crippen LogP contribution in [0.15, 0.2) is 36.4 Å². The van der Waals surface area contributed by atoms with Gasteiger partial charge in [-0.05, 0) is 28.8 Å². The summed E-state index contributed by atoms with van der Waals surface area (Å²) in [7, 11) is 0. The standard InChI is InChI=1S/C15H10BrCl2NO/c16-14(10-2-1-3-11(17)15(10)18)8-4-5-12-9(6-8)7-13(20)19-12/h1-6,14H,7H2,(H,19,20). The monoisotopic (exact) mass is 369 g/mol. The summed E-state index contributed by atoms with van der Waals surface area (Å²) >= 11 is 16.0. The molecule has 1 aliphatic heterocycles. The highest BCUT2D eigenvalue weighted by Gasteiger charge is 2.21. The smallest absolute Gasteiger partial charge is 0.228 e. The van der Waals surface area contributed by atoms with Gasteiger partial charge in [-0.15, -0.1) is 0 Å². The Balaban J connectivity index is 1.99. The second kappa shape index (κ2) is 5.40. The first kappa shape index (κ1) is 13.9. The number of carbonyl (C=O) groups is 1. The molecule has 2 aromatic rings. The van der Waals surface area contributed by atoms with Crippen molar-refractivity contribution >= 4 is 50.7 Å². The van der Waals surface area contributed by atoms with Gasteiger partial charge in [-0.2, -0.15) is 0 Å². The number of nitrogens with one attached hydrogen (secondary N) is 1. The lowest BCUT2D eigenvalue weighted by molar-refractivity contribution is -0.115. The molecule has 0 saturated heterocycles. The van der Waals surface area contributed by atoms with Gasteiger partial charge in [0.25, 0.3) is 0 Å². The van der Waals surface area contributed by atoms with Gasteiger partial charge >= 0.3 is 0 Å². The number of amides is 1. The largest absolute Gasteiger partial charge is 0.326 e. The zero-order valence-electron chi connectivity index (χ0n) is 10.3. The predicted octanol–water partition coefficient (Wildman–Crippen LogP) is 4.97. The normalized spacial score (nSPS) is 14.8. The summed E-state index contributed by atoms with van der Waals surface area (Å²) in [6.07, 6.45) is 0.423. The van der Waals surface area contributed by atoms with Gasteiger partial charge in [-0.3, -0.25) is 4.79 Å². The van der Waals surface area contributed by atoms with Gasteiger partial charge in [0, 0.05) is 5.69 Å². The molecule has 1 heterocycles. The Morgan fingerprint density at radius 1 is 1.20 bits per heavy atom. The van der Waals surface area contributed by atoms with Crippen LogP contribution in [0.2, 0.25) is 10.0 Å². The van der Waals surface area contributed by atoms with Crippen molar-refractivity contribution in [2.45, 2.75) is 11.2 Å². The van der Waals surface area contributed by atoms with Crippen LogP contribution in [0, 0.1) is 0 Å². The van der Waals surface area contributed by atoms with Crippen molar-refractivity contribution in [3.63, 3.8) is 0 Å². The molecule has 1 N–H and O–H groups in total. The van der Waals surface area contributed by atoms with Crippen molar-refractivity contribution in [2.24, 2.45) is 0 Å². The lowest BCUT2D eigenvalue weighted by Crippen LogP contribution is -2.03. The molecule has 5 heteroatoms. The molecule has 0 aromatic heterocycles. The first-order valence-electron chi connectivity index (χ1n) is 6.07. The number of alkyl halides is 1.